The highest BCUT2D eigenvalue weighted by atomic mass is 16.1. The van der Waals surface area contributed by atoms with E-state index in [1.165, 1.54) is 0 Å². The third-order valence-electron chi connectivity index (χ3n) is 3.77. The first-order chi connectivity index (χ1) is 11.3. The molecule has 2 heterocycles. The molecular formula is C16H14N6O. The predicted octanol–water partition coefficient (Wildman–Crippen LogP) is 2.58. The highest BCUT2D eigenvalue weighted by Crippen LogP contribution is 2.20. The zero-order chi connectivity index (χ0) is 15.8. The van der Waals surface area contributed by atoms with Crippen molar-refractivity contribution in [2.45, 2.75) is 13.5 Å². The van der Waals surface area contributed by atoms with Crippen LogP contribution in [0.4, 0.5) is 5.95 Å². The van der Waals surface area contributed by atoms with Crippen molar-refractivity contribution < 1.29 is 4.79 Å². The number of carbonyl (C=O) groups is 1. The standard InChI is InChI=1S/C16H14N6O/c1-2-22-14-6-4-3-5-12(14)17-16(22)18-15(23)10-7-8-11-13(9-10)20-21-19-11/h3-9H,2H2,1H3,(H,17,18,23)(H,19,20,21). The number of rotatable bonds is 3. The van der Waals surface area contributed by atoms with Crippen LogP contribution in [-0.2, 0) is 6.54 Å². The summed E-state index contributed by atoms with van der Waals surface area (Å²) in [5.74, 6) is 0.318. The number of nitrogens with zero attached hydrogens (tertiary/aromatic N) is 4. The smallest absolute Gasteiger partial charge is 0.258 e. The number of nitrogens with one attached hydrogen (secondary N) is 2. The molecular weight excluding hydrogens is 292 g/mol. The Morgan fingerprint density at radius 3 is 2.83 bits per heavy atom. The largest absolute Gasteiger partial charge is 0.310 e. The van der Waals surface area contributed by atoms with Gasteiger partial charge in [0.05, 0.1) is 11.0 Å². The zero-order valence-corrected chi connectivity index (χ0v) is 12.4. The zero-order valence-electron chi connectivity index (χ0n) is 12.4. The van der Waals surface area contributed by atoms with Crippen LogP contribution in [0.15, 0.2) is 42.5 Å². The molecule has 0 atom stereocenters. The first-order valence-corrected chi connectivity index (χ1v) is 7.33. The summed E-state index contributed by atoms with van der Waals surface area (Å²) in [4.78, 5) is 17.0. The molecule has 0 spiro atoms. The van der Waals surface area contributed by atoms with E-state index in [1.54, 1.807) is 18.2 Å². The van der Waals surface area contributed by atoms with Gasteiger partial charge in [-0.2, -0.15) is 15.4 Å². The molecule has 7 nitrogen and oxygen atoms in total. The van der Waals surface area contributed by atoms with Gasteiger partial charge in [0, 0.05) is 12.1 Å². The molecule has 0 fully saturated rings. The van der Waals surface area contributed by atoms with E-state index in [0.29, 0.717) is 17.0 Å². The van der Waals surface area contributed by atoms with Gasteiger partial charge in [-0.05, 0) is 37.3 Å². The maximum atomic E-state index is 12.5. The molecule has 2 aromatic heterocycles. The molecule has 0 unspecified atom stereocenters. The Labute approximate surface area is 131 Å². The predicted molar refractivity (Wildman–Crippen MR) is 87.2 cm³/mol. The number of para-hydroxylation sites is 2. The number of hydrogen-bond donors (Lipinski definition) is 2. The Morgan fingerprint density at radius 2 is 1.96 bits per heavy atom. The molecule has 0 bridgehead atoms. The Morgan fingerprint density at radius 1 is 1.13 bits per heavy atom. The number of aryl methyl sites for hydroxylation is 1. The van der Waals surface area contributed by atoms with Crippen LogP contribution >= 0.6 is 0 Å². The van der Waals surface area contributed by atoms with Gasteiger partial charge >= 0.3 is 0 Å². The number of aromatic nitrogens is 5. The fraction of sp³-hybridized carbons (Fsp3) is 0.125. The van der Waals surface area contributed by atoms with Crippen LogP contribution in [0.5, 0.6) is 0 Å². The van der Waals surface area contributed by atoms with E-state index < -0.39 is 0 Å². The molecule has 0 aliphatic heterocycles. The number of hydrogen-bond acceptors (Lipinski definition) is 4. The molecule has 0 aliphatic carbocycles. The lowest BCUT2D eigenvalue weighted by molar-refractivity contribution is 0.102. The summed E-state index contributed by atoms with van der Waals surface area (Å²) >= 11 is 0. The third-order valence-corrected chi connectivity index (χ3v) is 3.77. The summed E-state index contributed by atoms with van der Waals surface area (Å²) in [6, 6.07) is 13.0. The lowest BCUT2D eigenvalue weighted by Crippen LogP contribution is -2.15. The van der Waals surface area contributed by atoms with Crippen molar-refractivity contribution in [2.24, 2.45) is 0 Å². The van der Waals surface area contributed by atoms with Gasteiger partial charge < -0.3 is 4.57 Å². The number of amides is 1. The van der Waals surface area contributed by atoms with Crippen molar-refractivity contribution in [2.75, 3.05) is 5.32 Å². The first kappa shape index (κ1) is 13.4. The summed E-state index contributed by atoms with van der Waals surface area (Å²) in [5.41, 5.74) is 3.75. The van der Waals surface area contributed by atoms with Crippen molar-refractivity contribution >= 4 is 33.9 Å². The summed E-state index contributed by atoms with van der Waals surface area (Å²) in [7, 11) is 0. The van der Waals surface area contributed by atoms with E-state index >= 15 is 0 Å². The highest BCUT2D eigenvalue weighted by molar-refractivity contribution is 6.05. The van der Waals surface area contributed by atoms with Crippen LogP contribution in [0.25, 0.3) is 22.1 Å². The van der Waals surface area contributed by atoms with Gasteiger partial charge in [-0.25, -0.2) is 4.98 Å². The summed E-state index contributed by atoms with van der Waals surface area (Å²) in [6.07, 6.45) is 0. The van der Waals surface area contributed by atoms with Gasteiger partial charge in [0.15, 0.2) is 0 Å². The molecule has 0 saturated carbocycles. The van der Waals surface area contributed by atoms with Crippen LogP contribution in [0, 0.1) is 0 Å². The van der Waals surface area contributed by atoms with E-state index in [-0.39, 0.29) is 5.91 Å². The molecule has 1 amide bonds. The molecule has 7 heteroatoms. The normalized spacial score (nSPS) is 11.2. The quantitative estimate of drug-likeness (QED) is 0.609. The minimum atomic E-state index is -0.222. The SMILES string of the molecule is CCn1c(NC(=O)c2ccc3n[nH]nc3c2)nc2ccccc21. The van der Waals surface area contributed by atoms with Crippen LogP contribution in [0.2, 0.25) is 0 Å². The van der Waals surface area contributed by atoms with Gasteiger partial charge in [-0.15, -0.1) is 0 Å². The van der Waals surface area contributed by atoms with E-state index in [0.717, 1.165) is 23.1 Å². The van der Waals surface area contributed by atoms with Crippen molar-refractivity contribution in [3.05, 3.63) is 48.0 Å². The molecule has 23 heavy (non-hydrogen) atoms. The summed E-state index contributed by atoms with van der Waals surface area (Å²) in [5, 5.41) is 13.4. The van der Waals surface area contributed by atoms with Crippen molar-refractivity contribution in [3.63, 3.8) is 0 Å². The number of fused-ring (bicyclic) bond motifs is 2. The Balaban J connectivity index is 1.70. The lowest BCUT2D eigenvalue weighted by Gasteiger charge is -2.07. The second kappa shape index (κ2) is 5.20. The van der Waals surface area contributed by atoms with Gasteiger partial charge in [-0.1, -0.05) is 12.1 Å². The fourth-order valence-corrected chi connectivity index (χ4v) is 2.65. The first-order valence-electron chi connectivity index (χ1n) is 7.33. The maximum absolute atomic E-state index is 12.5. The maximum Gasteiger partial charge on any atom is 0.258 e. The molecule has 0 aliphatic rings. The number of aromatic amines is 1. The average Bonchev–Trinajstić information content (AvgIpc) is 3.17. The lowest BCUT2D eigenvalue weighted by atomic mass is 10.2. The van der Waals surface area contributed by atoms with E-state index in [1.807, 2.05) is 35.8 Å². The minimum Gasteiger partial charge on any atom is -0.310 e. The van der Waals surface area contributed by atoms with Gasteiger partial charge in [-0.3, -0.25) is 10.1 Å². The van der Waals surface area contributed by atoms with Gasteiger partial charge in [0.2, 0.25) is 5.95 Å². The van der Waals surface area contributed by atoms with E-state index in [2.05, 4.69) is 25.7 Å². The summed E-state index contributed by atoms with van der Waals surface area (Å²) in [6.45, 7) is 2.74. The van der Waals surface area contributed by atoms with Crippen LogP contribution in [0.1, 0.15) is 17.3 Å². The highest BCUT2D eigenvalue weighted by Gasteiger charge is 2.14. The Kier molecular flexibility index (Phi) is 3.04. The number of benzene rings is 2. The topological polar surface area (TPSA) is 88.5 Å². The fourth-order valence-electron chi connectivity index (χ4n) is 2.65. The monoisotopic (exact) mass is 306 g/mol. The van der Waals surface area contributed by atoms with Gasteiger partial charge in [0.1, 0.15) is 11.0 Å². The van der Waals surface area contributed by atoms with Crippen LogP contribution in [0.3, 0.4) is 0 Å². The van der Waals surface area contributed by atoms with Crippen molar-refractivity contribution in [3.8, 4) is 0 Å². The second-order valence-corrected chi connectivity index (χ2v) is 5.15. The Hall–Kier alpha value is -3.22. The van der Waals surface area contributed by atoms with Crippen LogP contribution < -0.4 is 5.32 Å². The van der Waals surface area contributed by atoms with Crippen molar-refractivity contribution in [1.82, 2.24) is 25.0 Å². The number of carbonyl (C=O) groups excluding carboxylic acids is 1. The molecule has 2 N–H and O–H groups in total. The molecule has 114 valence electrons. The third kappa shape index (κ3) is 2.22. The number of imidazole rings is 1. The van der Waals surface area contributed by atoms with Crippen LogP contribution in [-0.4, -0.2) is 30.9 Å². The summed E-state index contributed by atoms with van der Waals surface area (Å²) < 4.78 is 1.97. The van der Waals surface area contributed by atoms with E-state index in [4.69, 9.17) is 0 Å². The second-order valence-electron chi connectivity index (χ2n) is 5.15. The number of anilines is 1. The molecule has 0 radical (unpaired) electrons. The number of H-pyrrole nitrogens is 1. The molecule has 4 rings (SSSR count). The van der Waals surface area contributed by atoms with E-state index in [9.17, 15) is 4.79 Å². The minimum absolute atomic E-state index is 0.222. The van der Waals surface area contributed by atoms with Gasteiger partial charge in [0.25, 0.3) is 5.91 Å². The molecule has 4 aromatic rings. The average molecular weight is 306 g/mol. The Bertz CT molecular complexity index is 1020. The molecule has 0 saturated heterocycles. The molecule has 2 aromatic carbocycles. The van der Waals surface area contributed by atoms with Crippen molar-refractivity contribution in [1.29, 1.82) is 0 Å².